The van der Waals surface area contributed by atoms with Crippen molar-refractivity contribution in [3.8, 4) is 0 Å². The lowest BCUT2D eigenvalue weighted by molar-refractivity contribution is -0.152. The molecule has 0 fully saturated rings. The number of carbonyl (C=O) groups excluding carboxylic acids is 2. The van der Waals surface area contributed by atoms with E-state index in [0.29, 0.717) is 44.8 Å². The number of hydrogen-bond donors (Lipinski definition) is 1. The molecule has 1 amide bonds. The van der Waals surface area contributed by atoms with E-state index in [-0.39, 0.29) is 18.3 Å². The maximum atomic E-state index is 13.1. The minimum Gasteiger partial charge on any atom is -0.455 e. The molecule has 0 aromatic heterocycles. The van der Waals surface area contributed by atoms with Crippen molar-refractivity contribution in [3.63, 3.8) is 0 Å². The van der Waals surface area contributed by atoms with Gasteiger partial charge in [0, 0.05) is 20.3 Å². The van der Waals surface area contributed by atoms with Gasteiger partial charge in [-0.2, -0.15) is 0 Å². The van der Waals surface area contributed by atoms with Crippen LogP contribution in [0.4, 0.5) is 4.39 Å². The Labute approximate surface area is 147 Å². The number of methoxy groups -OCH3 is 1. The van der Waals surface area contributed by atoms with Crippen molar-refractivity contribution < 1.29 is 28.2 Å². The highest BCUT2D eigenvalue weighted by atomic mass is 19.1. The lowest BCUT2D eigenvalue weighted by Crippen LogP contribution is -2.31. The standard InChI is InChI=1S/C18H26FNO5/c1-14(11-15-5-3-6-16(19)12-15)18(22)25-13-17(21)20-7-4-8-24-10-9-23-2/h3,5-6,12,14H,4,7-11,13H2,1-2H3,(H,20,21). The van der Waals surface area contributed by atoms with E-state index in [0.717, 1.165) is 0 Å². The molecule has 0 bridgehead atoms. The number of halogens is 1. The highest BCUT2D eigenvalue weighted by Gasteiger charge is 2.16. The summed E-state index contributed by atoms with van der Waals surface area (Å²) >= 11 is 0. The van der Waals surface area contributed by atoms with Gasteiger partial charge in [0.25, 0.3) is 5.91 Å². The van der Waals surface area contributed by atoms with Gasteiger partial charge in [0.15, 0.2) is 6.61 Å². The van der Waals surface area contributed by atoms with Crippen LogP contribution in [0.5, 0.6) is 0 Å². The van der Waals surface area contributed by atoms with Crippen LogP contribution in [-0.2, 0) is 30.2 Å². The fourth-order valence-corrected chi connectivity index (χ4v) is 2.08. The zero-order valence-corrected chi connectivity index (χ0v) is 14.8. The monoisotopic (exact) mass is 355 g/mol. The summed E-state index contributed by atoms with van der Waals surface area (Å²) in [5.74, 6) is -1.64. The number of amides is 1. The molecule has 0 heterocycles. The van der Waals surface area contributed by atoms with E-state index in [9.17, 15) is 14.0 Å². The third kappa shape index (κ3) is 9.79. The fraction of sp³-hybridized carbons (Fsp3) is 0.556. The van der Waals surface area contributed by atoms with Crippen molar-refractivity contribution in [2.45, 2.75) is 19.8 Å². The van der Waals surface area contributed by atoms with Crippen molar-refractivity contribution in [1.82, 2.24) is 5.32 Å². The quantitative estimate of drug-likeness (QED) is 0.456. The van der Waals surface area contributed by atoms with E-state index in [1.54, 1.807) is 26.2 Å². The van der Waals surface area contributed by atoms with Crippen molar-refractivity contribution in [2.75, 3.05) is 40.1 Å². The average Bonchev–Trinajstić information content (AvgIpc) is 2.58. The summed E-state index contributed by atoms with van der Waals surface area (Å²) in [5, 5.41) is 2.65. The molecule has 0 saturated heterocycles. The van der Waals surface area contributed by atoms with Gasteiger partial charge in [-0.1, -0.05) is 19.1 Å². The molecule has 25 heavy (non-hydrogen) atoms. The fourth-order valence-electron chi connectivity index (χ4n) is 2.08. The predicted octanol–water partition coefficient (Wildman–Crippen LogP) is 1.72. The highest BCUT2D eigenvalue weighted by Crippen LogP contribution is 2.11. The van der Waals surface area contributed by atoms with Crippen molar-refractivity contribution in [3.05, 3.63) is 35.6 Å². The molecule has 0 aliphatic heterocycles. The van der Waals surface area contributed by atoms with E-state index >= 15 is 0 Å². The van der Waals surface area contributed by atoms with Gasteiger partial charge in [-0.15, -0.1) is 0 Å². The van der Waals surface area contributed by atoms with Crippen molar-refractivity contribution in [1.29, 1.82) is 0 Å². The molecule has 140 valence electrons. The Hall–Kier alpha value is -1.99. The first-order valence-corrected chi connectivity index (χ1v) is 8.27. The Morgan fingerprint density at radius 1 is 1.24 bits per heavy atom. The summed E-state index contributed by atoms with van der Waals surface area (Å²) in [7, 11) is 1.60. The molecule has 1 aromatic carbocycles. The van der Waals surface area contributed by atoms with Gasteiger partial charge in [0.2, 0.25) is 0 Å². The maximum absolute atomic E-state index is 13.1. The molecule has 6 nitrogen and oxygen atoms in total. The van der Waals surface area contributed by atoms with E-state index in [1.807, 2.05) is 0 Å². The normalized spacial score (nSPS) is 11.8. The number of ether oxygens (including phenoxy) is 3. The van der Waals surface area contributed by atoms with Gasteiger partial charge in [-0.05, 0) is 30.5 Å². The van der Waals surface area contributed by atoms with Crippen molar-refractivity contribution in [2.24, 2.45) is 5.92 Å². The number of benzene rings is 1. The number of nitrogens with one attached hydrogen (secondary N) is 1. The lowest BCUT2D eigenvalue weighted by Gasteiger charge is -2.12. The Morgan fingerprint density at radius 2 is 2.04 bits per heavy atom. The molecule has 0 aliphatic carbocycles. The van der Waals surface area contributed by atoms with Crippen molar-refractivity contribution >= 4 is 11.9 Å². The van der Waals surface area contributed by atoms with E-state index in [2.05, 4.69) is 5.32 Å². The summed E-state index contributed by atoms with van der Waals surface area (Å²) in [6, 6.07) is 6.06. The molecule has 0 radical (unpaired) electrons. The minimum absolute atomic E-state index is 0.323. The van der Waals surface area contributed by atoms with Gasteiger partial charge in [0.1, 0.15) is 5.82 Å². The topological polar surface area (TPSA) is 73.9 Å². The number of esters is 1. The zero-order valence-electron chi connectivity index (χ0n) is 14.8. The molecule has 1 rings (SSSR count). The number of carbonyl (C=O) groups is 2. The molecule has 1 atom stereocenters. The first kappa shape index (κ1) is 21.1. The summed E-state index contributed by atoms with van der Waals surface area (Å²) in [6.45, 7) is 3.39. The average molecular weight is 355 g/mol. The Bertz CT molecular complexity index is 538. The van der Waals surface area contributed by atoms with E-state index < -0.39 is 11.9 Å². The third-order valence-electron chi connectivity index (χ3n) is 3.40. The van der Waals surface area contributed by atoms with Gasteiger partial charge in [-0.3, -0.25) is 9.59 Å². The van der Waals surface area contributed by atoms with Crippen LogP contribution in [0.1, 0.15) is 18.9 Å². The van der Waals surface area contributed by atoms with Crippen LogP contribution in [0.2, 0.25) is 0 Å². The van der Waals surface area contributed by atoms with E-state index in [4.69, 9.17) is 14.2 Å². The first-order valence-electron chi connectivity index (χ1n) is 8.27. The molecule has 0 spiro atoms. The van der Waals surface area contributed by atoms with Crippen LogP contribution in [0.25, 0.3) is 0 Å². The molecule has 1 aromatic rings. The van der Waals surface area contributed by atoms with Crippen LogP contribution in [0.15, 0.2) is 24.3 Å². The first-order chi connectivity index (χ1) is 12.0. The van der Waals surface area contributed by atoms with Gasteiger partial charge in [0.05, 0.1) is 19.1 Å². The molecular weight excluding hydrogens is 329 g/mol. The minimum atomic E-state index is -0.484. The molecule has 0 aliphatic rings. The molecule has 1 unspecified atom stereocenters. The summed E-state index contributed by atoms with van der Waals surface area (Å²) in [6.07, 6.45) is 1.02. The molecule has 7 heteroatoms. The molecule has 1 N–H and O–H groups in total. The SMILES string of the molecule is COCCOCCCNC(=O)COC(=O)C(C)Cc1cccc(F)c1. The smallest absolute Gasteiger partial charge is 0.309 e. The Balaban J connectivity index is 2.14. The van der Waals surface area contributed by atoms with Gasteiger partial charge in [-0.25, -0.2) is 4.39 Å². The zero-order chi connectivity index (χ0) is 18.5. The molecule has 0 saturated carbocycles. The highest BCUT2D eigenvalue weighted by molar-refractivity contribution is 5.81. The second-order valence-electron chi connectivity index (χ2n) is 5.65. The van der Waals surface area contributed by atoms with Crippen LogP contribution >= 0.6 is 0 Å². The largest absolute Gasteiger partial charge is 0.455 e. The number of rotatable bonds is 12. The maximum Gasteiger partial charge on any atom is 0.309 e. The Kier molecular flexibility index (Phi) is 10.4. The second-order valence-corrected chi connectivity index (χ2v) is 5.65. The lowest BCUT2D eigenvalue weighted by atomic mass is 10.0. The molecular formula is C18H26FNO5. The van der Waals surface area contributed by atoms with Gasteiger partial charge >= 0.3 is 5.97 Å². The number of hydrogen-bond acceptors (Lipinski definition) is 5. The Morgan fingerprint density at radius 3 is 2.76 bits per heavy atom. The van der Waals surface area contributed by atoms with Crippen LogP contribution < -0.4 is 5.32 Å². The van der Waals surface area contributed by atoms with Gasteiger partial charge < -0.3 is 19.5 Å². The summed E-state index contributed by atoms with van der Waals surface area (Å²) < 4.78 is 28.2. The summed E-state index contributed by atoms with van der Waals surface area (Å²) in [4.78, 5) is 23.5. The van der Waals surface area contributed by atoms with Crippen LogP contribution in [-0.4, -0.2) is 52.0 Å². The second kappa shape index (κ2) is 12.4. The van der Waals surface area contributed by atoms with Crippen LogP contribution in [0.3, 0.4) is 0 Å². The van der Waals surface area contributed by atoms with Crippen LogP contribution in [0, 0.1) is 11.7 Å². The van der Waals surface area contributed by atoms with E-state index in [1.165, 1.54) is 12.1 Å². The third-order valence-corrected chi connectivity index (χ3v) is 3.40. The summed E-state index contributed by atoms with van der Waals surface area (Å²) in [5.41, 5.74) is 0.711. The predicted molar refractivity (Wildman–Crippen MR) is 90.5 cm³/mol.